The summed E-state index contributed by atoms with van der Waals surface area (Å²) in [4.78, 5) is 9.77. The maximum atomic E-state index is 2.55. The van der Waals surface area contributed by atoms with Crippen molar-refractivity contribution in [3.8, 4) is 11.1 Å². The lowest BCUT2D eigenvalue weighted by atomic mass is 9.35. The third kappa shape index (κ3) is 7.27. The first-order valence-corrected chi connectivity index (χ1v) is 25.3. The van der Waals surface area contributed by atoms with E-state index >= 15 is 0 Å². The lowest BCUT2D eigenvalue weighted by molar-refractivity contribution is 0.553. The highest BCUT2D eigenvalue weighted by Gasteiger charge is 2.42. The minimum atomic E-state index is -0.114. The maximum absolute atomic E-state index is 2.55. The highest BCUT2D eigenvalue weighted by atomic mass is 15.3. The fourth-order valence-electron chi connectivity index (χ4n) is 11.6. The van der Waals surface area contributed by atoms with Gasteiger partial charge in [-0.05, 0) is 141 Å². The average Bonchev–Trinajstić information content (AvgIpc) is 3.69. The smallest absolute Gasteiger partial charge is 0.243 e. The molecule has 0 fully saturated rings. The Morgan fingerprint density at radius 1 is 0.282 bits per heavy atom. The van der Waals surface area contributed by atoms with Crippen molar-refractivity contribution in [3.05, 3.63) is 223 Å². The molecule has 12 rings (SSSR count). The van der Waals surface area contributed by atoms with Gasteiger partial charge in [-0.3, -0.25) is 0 Å². The highest BCUT2D eigenvalue weighted by molar-refractivity contribution is 6.99. The Hall–Kier alpha value is -7.76. The zero-order valence-electron chi connectivity index (χ0n) is 42.5. The van der Waals surface area contributed by atoms with Gasteiger partial charge >= 0.3 is 0 Å². The molecule has 9 aromatic carbocycles. The van der Waals surface area contributed by atoms with Crippen LogP contribution in [0, 0.1) is 0 Å². The summed E-state index contributed by atoms with van der Waals surface area (Å²) in [6.07, 6.45) is 0. The van der Waals surface area contributed by atoms with E-state index in [2.05, 4.69) is 288 Å². The molecule has 3 heterocycles. The van der Waals surface area contributed by atoms with E-state index in [1.54, 1.807) is 0 Å². The van der Waals surface area contributed by atoms with Crippen LogP contribution in [0.2, 0.25) is 0 Å². The molecule has 0 unspecified atom stereocenters. The fourth-order valence-corrected chi connectivity index (χ4v) is 11.6. The molecule has 0 saturated carbocycles. The minimum absolute atomic E-state index is 0.0118. The van der Waals surface area contributed by atoms with Crippen molar-refractivity contribution in [2.75, 3.05) is 19.6 Å². The number of anilines is 12. The summed E-state index contributed by atoms with van der Waals surface area (Å²) < 4.78 is 0. The summed E-state index contributed by atoms with van der Waals surface area (Å²) in [5, 5.41) is 0. The quantitative estimate of drug-likeness (QED) is 0.159. The van der Waals surface area contributed by atoms with Crippen molar-refractivity contribution >= 4 is 91.3 Å². The topological polar surface area (TPSA) is 13.0 Å². The summed E-state index contributed by atoms with van der Waals surface area (Å²) >= 11 is 0. The monoisotopic (exact) mass is 920 g/mol. The van der Waals surface area contributed by atoms with Gasteiger partial charge in [0, 0.05) is 22.7 Å². The van der Waals surface area contributed by atoms with Crippen LogP contribution >= 0.6 is 0 Å². The van der Waals surface area contributed by atoms with Crippen molar-refractivity contribution in [3.63, 3.8) is 0 Å². The van der Waals surface area contributed by atoms with Crippen LogP contribution in [0.25, 0.3) is 11.1 Å². The summed E-state index contributed by atoms with van der Waals surface area (Å²) in [7, 11) is 0. The molecule has 0 aliphatic carbocycles. The second-order valence-corrected chi connectivity index (χ2v) is 22.7. The number of fused-ring (bicyclic) bond motifs is 7. The Balaban J connectivity index is 1.11. The van der Waals surface area contributed by atoms with Crippen LogP contribution in [0.5, 0.6) is 0 Å². The molecule has 3 aliphatic rings. The van der Waals surface area contributed by atoms with Gasteiger partial charge in [-0.1, -0.05) is 188 Å². The van der Waals surface area contributed by atoms with E-state index in [-0.39, 0.29) is 23.0 Å². The lowest BCUT2D eigenvalue weighted by Crippen LogP contribution is -2.54. The first kappa shape index (κ1) is 44.5. The van der Waals surface area contributed by atoms with Crippen LogP contribution in [-0.2, 0) is 16.2 Å². The second kappa shape index (κ2) is 16.4. The molecule has 4 nitrogen and oxygen atoms in total. The van der Waals surface area contributed by atoms with Crippen molar-refractivity contribution < 1.29 is 0 Å². The molecular weight excluding hydrogens is 860 g/mol. The van der Waals surface area contributed by atoms with E-state index in [1.165, 1.54) is 44.2 Å². The van der Waals surface area contributed by atoms with Gasteiger partial charge in [0.05, 0.1) is 45.5 Å². The van der Waals surface area contributed by atoms with Gasteiger partial charge in [-0.15, -0.1) is 0 Å². The summed E-state index contributed by atoms with van der Waals surface area (Å²) in [6, 6.07) is 76.7. The Morgan fingerprint density at radius 3 is 0.845 bits per heavy atom. The predicted molar refractivity (Wildman–Crippen MR) is 305 cm³/mol. The van der Waals surface area contributed by atoms with Crippen LogP contribution < -0.4 is 36.0 Å². The normalized spacial score (nSPS) is 13.8. The summed E-state index contributed by atoms with van der Waals surface area (Å²) in [6.45, 7) is 21.5. The molecule has 348 valence electrons. The summed E-state index contributed by atoms with van der Waals surface area (Å²) in [5.41, 5.74) is 24.4. The van der Waals surface area contributed by atoms with Crippen molar-refractivity contribution in [2.24, 2.45) is 0 Å². The average molecular weight is 921 g/mol. The van der Waals surface area contributed by atoms with Crippen LogP contribution in [-0.4, -0.2) is 6.71 Å². The van der Waals surface area contributed by atoms with Gasteiger partial charge in [0.25, 0.3) is 0 Å². The van der Waals surface area contributed by atoms with Crippen molar-refractivity contribution in [1.29, 1.82) is 0 Å². The highest BCUT2D eigenvalue weighted by Crippen LogP contribution is 2.56. The fraction of sp³-hybridized carbons (Fsp3) is 0.182. The maximum Gasteiger partial charge on any atom is 0.243 e. The van der Waals surface area contributed by atoms with E-state index in [4.69, 9.17) is 0 Å². The number of hydrogen-bond donors (Lipinski definition) is 0. The molecule has 0 N–H and O–H groups in total. The largest absolute Gasteiger partial charge is 0.306 e. The van der Waals surface area contributed by atoms with Gasteiger partial charge in [0.15, 0.2) is 0 Å². The molecule has 0 atom stereocenters. The van der Waals surface area contributed by atoms with Crippen molar-refractivity contribution in [1.82, 2.24) is 0 Å². The van der Waals surface area contributed by atoms with E-state index in [9.17, 15) is 0 Å². The molecule has 5 heteroatoms. The number of hydrogen-bond acceptors (Lipinski definition) is 4. The molecule has 0 spiro atoms. The van der Waals surface area contributed by atoms with Gasteiger partial charge in [0.1, 0.15) is 0 Å². The number of nitrogens with zero attached hydrogens (tertiary/aromatic N) is 4. The second-order valence-electron chi connectivity index (χ2n) is 22.7. The van der Waals surface area contributed by atoms with E-state index in [1.807, 2.05) is 0 Å². The van der Waals surface area contributed by atoms with Crippen LogP contribution in [0.3, 0.4) is 0 Å². The zero-order valence-corrected chi connectivity index (χ0v) is 42.5. The number of benzene rings is 9. The van der Waals surface area contributed by atoms with Gasteiger partial charge < -0.3 is 19.6 Å². The first-order valence-electron chi connectivity index (χ1n) is 25.3. The van der Waals surface area contributed by atoms with Gasteiger partial charge in [-0.2, -0.15) is 0 Å². The van der Waals surface area contributed by atoms with Crippen molar-refractivity contribution in [2.45, 2.75) is 78.6 Å². The van der Waals surface area contributed by atoms with Gasteiger partial charge in [-0.25, -0.2) is 0 Å². The van der Waals surface area contributed by atoms with Crippen LogP contribution in [0.1, 0.15) is 79.0 Å². The third-order valence-electron chi connectivity index (χ3n) is 14.9. The van der Waals surface area contributed by atoms with E-state index < -0.39 is 0 Å². The standard InChI is InChI=1S/C66H61BN4/c1-64(2,3)44-40-51(65(4,5)6)63(52(41-44)66(7,8)9)67-53-38-36-47(70-59-32-20-16-28-55(59)68(45-24-12-10-13-25-45)56-29-17-21-33-60(56)70)42-49(53)50-43-48(37-39-54(50)67)71-61-34-22-18-30-57(61)69(46-26-14-11-15-27-46)58-31-19-23-35-62(58)71/h10-43H,1-9H3. The molecule has 9 aromatic rings. The van der Waals surface area contributed by atoms with Crippen LogP contribution in [0.4, 0.5) is 68.2 Å². The lowest BCUT2D eigenvalue weighted by Gasteiger charge is -2.40. The third-order valence-corrected chi connectivity index (χ3v) is 14.9. The SMILES string of the molecule is CC(C)(C)c1cc(C(C)(C)C)c(B2c3ccc(N4c5ccccc5N(c5ccccc5)c5ccccc54)cc3-c3cc(N4c5ccccc5N(c5ccccc5)c5ccccc54)ccc32)c(C(C)(C)C)c1. The Bertz CT molecular complexity index is 3200. The zero-order chi connectivity index (χ0) is 49.0. The summed E-state index contributed by atoms with van der Waals surface area (Å²) in [5.74, 6) is 0. The molecule has 3 aliphatic heterocycles. The Labute approximate surface area is 421 Å². The molecule has 0 amide bonds. The molecule has 0 radical (unpaired) electrons. The first-order chi connectivity index (χ1) is 34.2. The van der Waals surface area contributed by atoms with Crippen LogP contribution in [0.15, 0.2) is 206 Å². The number of para-hydroxylation sites is 10. The Morgan fingerprint density at radius 2 is 0.563 bits per heavy atom. The molecular formula is C66H61BN4. The Kier molecular flexibility index (Phi) is 10.3. The molecule has 71 heavy (non-hydrogen) atoms. The predicted octanol–water partition coefficient (Wildman–Crippen LogP) is 16.6. The van der Waals surface area contributed by atoms with Gasteiger partial charge in [0.2, 0.25) is 6.71 Å². The van der Waals surface area contributed by atoms with E-state index in [0.29, 0.717) is 0 Å². The molecule has 0 aromatic heterocycles. The van der Waals surface area contributed by atoms with E-state index in [0.717, 1.165) is 68.2 Å². The minimum Gasteiger partial charge on any atom is -0.306 e. The number of rotatable bonds is 5. The molecule has 0 saturated heterocycles. The molecule has 0 bridgehead atoms.